The maximum Gasteiger partial charge on any atom is 0.265 e. The van der Waals surface area contributed by atoms with Crippen LogP contribution in [-0.2, 0) is 10.0 Å². The molecule has 0 bridgehead atoms. The van der Waals surface area contributed by atoms with Crippen molar-refractivity contribution >= 4 is 33.0 Å². The van der Waals surface area contributed by atoms with Gasteiger partial charge in [-0.1, -0.05) is 29.3 Å². The summed E-state index contributed by atoms with van der Waals surface area (Å²) in [6, 6.07) is 11.7. The van der Waals surface area contributed by atoms with Gasteiger partial charge in [0.1, 0.15) is 4.90 Å². The summed E-state index contributed by atoms with van der Waals surface area (Å²) in [5, 5.41) is 0.126. The largest absolute Gasteiger partial charge is 0.399 e. The zero-order chi connectivity index (χ0) is 15.6. The summed E-state index contributed by atoms with van der Waals surface area (Å²) in [7, 11) is -3.72. The van der Waals surface area contributed by atoms with E-state index in [1.807, 2.05) is 19.1 Å². The number of rotatable bonds is 4. The fourth-order valence-electron chi connectivity index (χ4n) is 2.05. The van der Waals surface area contributed by atoms with Crippen LogP contribution in [-0.4, -0.2) is 15.0 Å². The molecule has 2 aromatic rings. The fraction of sp³-hybridized carbons (Fsp3) is 0.200. The summed E-state index contributed by atoms with van der Waals surface area (Å²) in [5.41, 5.74) is 7.72. The molecule has 2 N–H and O–H groups in total. The van der Waals surface area contributed by atoms with Crippen LogP contribution in [0.2, 0.25) is 5.02 Å². The van der Waals surface area contributed by atoms with E-state index in [0.717, 1.165) is 5.56 Å². The van der Waals surface area contributed by atoms with Gasteiger partial charge in [-0.05, 0) is 44.2 Å². The molecular formula is C15H17ClN2O2S. The Morgan fingerprint density at radius 2 is 1.76 bits per heavy atom. The molecule has 2 aromatic carbocycles. The van der Waals surface area contributed by atoms with Crippen LogP contribution >= 0.6 is 11.6 Å². The number of nitrogens with zero attached hydrogens (tertiary/aromatic N) is 1. The Balaban J connectivity index is 2.51. The Bertz CT molecular complexity index is 743. The predicted octanol–water partition coefficient (Wildman–Crippen LogP) is 3.45. The minimum atomic E-state index is -3.72. The molecule has 112 valence electrons. The highest BCUT2D eigenvalue weighted by atomic mass is 35.5. The highest BCUT2D eigenvalue weighted by molar-refractivity contribution is 7.93. The van der Waals surface area contributed by atoms with Gasteiger partial charge in [0.25, 0.3) is 10.0 Å². The van der Waals surface area contributed by atoms with Crippen LogP contribution in [0.5, 0.6) is 0 Å². The fourth-order valence-corrected chi connectivity index (χ4v) is 4.05. The van der Waals surface area contributed by atoms with Crippen molar-refractivity contribution in [2.75, 3.05) is 16.6 Å². The molecule has 4 nitrogen and oxygen atoms in total. The maximum absolute atomic E-state index is 12.8. The quantitative estimate of drug-likeness (QED) is 0.876. The molecule has 0 fully saturated rings. The van der Waals surface area contributed by atoms with Gasteiger partial charge >= 0.3 is 0 Å². The molecule has 0 spiro atoms. The summed E-state index contributed by atoms with van der Waals surface area (Å²) >= 11 is 6.04. The Morgan fingerprint density at radius 1 is 1.14 bits per heavy atom. The average Bonchev–Trinajstić information content (AvgIpc) is 2.41. The van der Waals surface area contributed by atoms with Crippen LogP contribution in [0, 0.1) is 6.92 Å². The normalized spacial score (nSPS) is 11.4. The van der Waals surface area contributed by atoms with Crippen LogP contribution in [0.25, 0.3) is 0 Å². The maximum atomic E-state index is 12.8. The number of halogens is 1. The number of benzene rings is 2. The van der Waals surface area contributed by atoms with Crippen molar-refractivity contribution < 1.29 is 8.42 Å². The van der Waals surface area contributed by atoms with Gasteiger partial charge in [-0.2, -0.15) is 0 Å². The highest BCUT2D eigenvalue weighted by Gasteiger charge is 2.25. The third-order valence-corrected chi connectivity index (χ3v) is 5.52. The molecule has 0 amide bonds. The van der Waals surface area contributed by atoms with Gasteiger partial charge in [0, 0.05) is 12.2 Å². The molecule has 0 saturated carbocycles. The number of hydrogen-bond donors (Lipinski definition) is 1. The summed E-state index contributed by atoms with van der Waals surface area (Å²) in [6.07, 6.45) is 0. The number of nitrogens with two attached hydrogens (primary N) is 1. The smallest absolute Gasteiger partial charge is 0.265 e. The molecule has 0 aromatic heterocycles. The molecule has 0 heterocycles. The minimum absolute atomic E-state index is 0.0563. The van der Waals surface area contributed by atoms with Gasteiger partial charge in [0.2, 0.25) is 0 Å². The second-order valence-electron chi connectivity index (χ2n) is 4.70. The minimum Gasteiger partial charge on any atom is -0.399 e. The first-order valence-corrected chi connectivity index (χ1v) is 8.32. The Labute approximate surface area is 130 Å². The number of anilines is 2. The summed E-state index contributed by atoms with van der Waals surface area (Å²) < 4.78 is 26.9. The van der Waals surface area contributed by atoms with E-state index in [2.05, 4.69) is 0 Å². The van der Waals surface area contributed by atoms with Gasteiger partial charge in [0.15, 0.2) is 0 Å². The molecule has 0 unspecified atom stereocenters. The third kappa shape index (κ3) is 3.14. The van der Waals surface area contributed by atoms with Crippen LogP contribution in [0.1, 0.15) is 12.5 Å². The van der Waals surface area contributed by atoms with Crippen molar-refractivity contribution in [3.63, 3.8) is 0 Å². The van der Waals surface area contributed by atoms with Gasteiger partial charge in [-0.3, -0.25) is 4.31 Å². The predicted molar refractivity (Wildman–Crippen MR) is 87.2 cm³/mol. The second-order valence-corrected chi connectivity index (χ2v) is 6.93. The zero-order valence-electron chi connectivity index (χ0n) is 11.9. The van der Waals surface area contributed by atoms with Crippen LogP contribution in [0.4, 0.5) is 11.4 Å². The Morgan fingerprint density at radius 3 is 2.29 bits per heavy atom. The van der Waals surface area contributed by atoms with Crippen LogP contribution in [0.3, 0.4) is 0 Å². The summed E-state index contributed by atoms with van der Waals surface area (Å²) in [4.78, 5) is 0.0563. The molecule has 0 radical (unpaired) electrons. The van der Waals surface area contributed by atoms with Gasteiger partial charge in [0.05, 0.1) is 10.7 Å². The summed E-state index contributed by atoms with van der Waals surface area (Å²) in [5.74, 6) is 0. The number of nitrogen functional groups attached to an aromatic ring is 1. The van der Waals surface area contributed by atoms with Gasteiger partial charge < -0.3 is 5.73 Å². The first-order valence-electron chi connectivity index (χ1n) is 6.50. The lowest BCUT2D eigenvalue weighted by atomic mass is 10.2. The molecule has 6 heteroatoms. The monoisotopic (exact) mass is 324 g/mol. The van der Waals surface area contributed by atoms with Gasteiger partial charge in [-0.25, -0.2) is 8.42 Å². The topological polar surface area (TPSA) is 63.4 Å². The first-order chi connectivity index (χ1) is 9.86. The van der Waals surface area contributed by atoms with E-state index < -0.39 is 10.0 Å². The molecule has 0 saturated heterocycles. The molecule has 2 rings (SSSR count). The average molecular weight is 325 g/mol. The van der Waals surface area contributed by atoms with E-state index in [4.69, 9.17) is 17.3 Å². The molecule has 21 heavy (non-hydrogen) atoms. The SMILES string of the molecule is CCN(c1ccc(C)cc1)S(=O)(=O)c1ccc(N)cc1Cl. The Kier molecular flexibility index (Phi) is 4.44. The number of hydrogen-bond acceptors (Lipinski definition) is 3. The van der Waals surface area contributed by atoms with Crippen molar-refractivity contribution in [1.82, 2.24) is 0 Å². The van der Waals surface area contributed by atoms with Gasteiger partial charge in [-0.15, -0.1) is 0 Å². The van der Waals surface area contributed by atoms with E-state index >= 15 is 0 Å². The van der Waals surface area contributed by atoms with Crippen molar-refractivity contribution in [1.29, 1.82) is 0 Å². The van der Waals surface area contributed by atoms with Crippen molar-refractivity contribution in [3.05, 3.63) is 53.1 Å². The lowest BCUT2D eigenvalue weighted by molar-refractivity contribution is 0.592. The molecular weight excluding hydrogens is 308 g/mol. The lowest BCUT2D eigenvalue weighted by Crippen LogP contribution is -2.31. The first kappa shape index (κ1) is 15.7. The van der Waals surface area contributed by atoms with E-state index in [9.17, 15) is 8.42 Å². The van der Waals surface area contributed by atoms with Crippen molar-refractivity contribution in [2.24, 2.45) is 0 Å². The number of sulfonamides is 1. The standard InChI is InChI=1S/C15H17ClN2O2S/c1-3-18(13-7-4-11(2)5-8-13)21(19,20)15-9-6-12(17)10-14(15)16/h4-10H,3,17H2,1-2H3. The highest BCUT2D eigenvalue weighted by Crippen LogP contribution is 2.29. The van der Waals surface area contributed by atoms with Crippen LogP contribution in [0.15, 0.2) is 47.4 Å². The molecule has 0 aliphatic rings. The van der Waals surface area contributed by atoms with Crippen molar-refractivity contribution in [3.8, 4) is 0 Å². The van der Waals surface area contributed by atoms with Crippen LogP contribution < -0.4 is 10.0 Å². The molecule has 0 atom stereocenters. The molecule has 0 aliphatic heterocycles. The lowest BCUT2D eigenvalue weighted by Gasteiger charge is -2.23. The van der Waals surface area contributed by atoms with E-state index in [1.54, 1.807) is 19.1 Å². The Hall–Kier alpha value is -1.72. The number of aryl methyl sites for hydroxylation is 1. The van der Waals surface area contributed by atoms with E-state index in [-0.39, 0.29) is 9.92 Å². The van der Waals surface area contributed by atoms with Crippen molar-refractivity contribution in [2.45, 2.75) is 18.7 Å². The third-order valence-electron chi connectivity index (χ3n) is 3.13. The second kappa shape index (κ2) is 5.95. The molecule has 0 aliphatic carbocycles. The summed E-state index contributed by atoms with van der Waals surface area (Å²) in [6.45, 7) is 4.04. The van der Waals surface area contributed by atoms with E-state index in [1.165, 1.54) is 22.5 Å². The zero-order valence-corrected chi connectivity index (χ0v) is 13.4. The van der Waals surface area contributed by atoms with E-state index in [0.29, 0.717) is 17.9 Å².